The van der Waals surface area contributed by atoms with Crippen LogP contribution in [0, 0.1) is 0 Å². The van der Waals surface area contributed by atoms with Gasteiger partial charge in [-0.2, -0.15) is 0 Å². The van der Waals surface area contributed by atoms with Crippen LogP contribution >= 0.6 is 35.4 Å². The summed E-state index contributed by atoms with van der Waals surface area (Å²) < 4.78 is 5.71. The average Bonchev–Trinajstić information content (AvgIpc) is 2.81. The number of amides is 2. The molecule has 0 aliphatic carbocycles. The van der Waals surface area contributed by atoms with Crippen molar-refractivity contribution >= 4 is 75.4 Å². The second kappa shape index (κ2) is 9.88. The first-order valence-corrected chi connectivity index (χ1v) is 12.7. The number of rotatable bonds is 5. The van der Waals surface area contributed by atoms with Gasteiger partial charge in [0, 0.05) is 29.4 Å². The van der Waals surface area contributed by atoms with Crippen molar-refractivity contribution < 1.29 is 14.3 Å². The van der Waals surface area contributed by atoms with Crippen LogP contribution in [0.2, 0.25) is 10.0 Å². The fraction of sp³-hybridized carbons (Fsp3) is 0.296. The third-order valence-electron chi connectivity index (χ3n) is 6.35. The van der Waals surface area contributed by atoms with E-state index in [0.717, 1.165) is 29.8 Å². The van der Waals surface area contributed by atoms with Crippen molar-refractivity contribution in [3.05, 3.63) is 63.2 Å². The first-order chi connectivity index (χ1) is 17.0. The van der Waals surface area contributed by atoms with E-state index in [2.05, 4.69) is 44.0 Å². The first kappa shape index (κ1) is 26.2. The smallest absolute Gasteiger partial charge is 0.270 e. The summed E-state index contributed by atoms with van der Waals surface area (Å²) in [5, 5.41) is 2.95. The van der Waals surface area contributed by atoms with E-state index >= 15 is 0 Å². The van der Waals surface area contributed by atoms with Crippen LogP contribution in [0.25, 0.3) is 11.6 Å². The quantitative estimate of drug-likeness (QED) is 0.274. The number of hydrogen-bond acceptors (Lipinski definition) is 5. The van der Waals surface area contributed by atoms with Gasteiger partial charge in [0.2, 0.25) is 0 Å². The van der Waals surface area contributed by atoms with Gasteiger partial charge in [0.15, 0.2) is 5.11 Å². The minimum Gasteiger partial charge on any atom is -0.496 e. The number of benzene rings is 2. The predicted molar refractivity (Wildman–Crippen MR) is 151 cm³/mol. The highest BCUT2D eigenvalue weighted by molar-refractivity contribution is 7.80. The Bertz CT molecular complexity index is 1350. The number of carbonyl (C=O) groups excluding carboxylic acids is 2. The van der Waals surface area contributed by atoms with Gasteiger partial charge in [-0.3, -0.25) is 19.8 Å². The number of allylic oxidation sites excluding steroid dienone is 1. The van der Waals surface area contributed by atoms with E-state index in [0.29, 0.717) is 17.0 Å². The molecule has 1 fully saturated rings. The highest BCUT2D eigenvalue weighted by atomic mass is 35.5. The number of hydrogen-bond donors (Lipinski definition) is 1. The van der Waals surface area contributed by atoms with E-state index in [4.69, 9.17) is 40.2 Å². The van der Waals surface area contributed by atoms with E-state index in [1.807, 2.05) is 12.1 Å². The Morgan fingerprint density at radius 3 is 2.56 bits per heavy atom. The van der Waals surface area contributed by atoms with Crippen LogP contribution < -0.4 is 19.9 Å². The molecule has 2 heterocycles. The summed E-state index contributed by atoms with van der Waals surface area (Å²) in [5.74, 6) is -0.650. The molecule has 4 rings (SSSR count). The van der Waals surface area contributed by atoms with Crippen molar-refractivity contribution in [1.29, 1.82) is 0 Å². The molecule has 0 radical (unpaired) electrons. The Balaban J connectivity index is 1.84. The normalized spacial score (nSPS) is 18.2. The Kier molecular flexibility index (Phi) is 7.19. The van der Waals surface area contributed by atoms with Gasteiger partial charge in [0.05, 0.1) is 28.4 Å². The van der Waals surface area contributed by atoms with Crippen LogP contribution in [0.15, 0.2) is 42.0 Å². The summed E-state index contributed by atoms with van der Waals surface area (Å²) in [4.78, 5) is 29.9. The lowest BCUT2D eigenvalue weighted by Crippen LogP contribution is -2.54. The molecule has 2 aromatic carbocycles. The largest absolute Gasteiger partial charge is 0.496 e. The van der Waals surface area contributed by atoms with E-state index in [-0.39, 0.29) is 26.3 Å². The standard InChI is InChI=1S/C27H27Cl2N3O3S/c1-6-10-31-21-13-22(35-5)16(11-17(21)15(2)14-27(31,3)4)12-18-24(33)30-26(36)32(25(18)34)20-9-7-8-19(28)23(20)29/h7-9,11-14H,6,10H2,1-5H3,(H,30,33,36)/b18-12-. The van der Waals surface area contributed by atoms with Gasteiger partial charge in [0.1, 0.15) is 11.3 Å². The van der Waals surface area contributed by atoms with Crippen LogP contribution in [0.3, 0.4) is 0 Å². The number of methoxy groups -OCH3 is 1. The average molecular weight is 545 g/mol. The maximum atomic E-state index is 13.5. The SMILES string of the molecule is CCCN1c2cc(OC)c(/C=C3/C(=O)NC(=S)N(c4cccc(Cl)c4Cl)C3=O)cc2C(C)=CC1(C)C. The van der Waals surface area contributed by atoms with Crippen LogP contribution in [-0.4, -0.2) is 36.1 Å². The number of halogens is 2. The highest BCUT2D eigenvalue weighted by Gasteiger charge is 2.37. The van der Waals surface area contributed by atoms with Crippen molar-refractivity contribution in [2.24, 2.45) is 0 Å². The molecular weight excluding hydrogens is 517 g/mol. The fourth-order valence-corrected chi connectivity index (χ4v) is 5.39. The van der Waals surface area contributed by atoms with Crippen molar-refractivity contribution in [2.75, 3.05) is 23.5 Å². The molecule has 2 aliphatic rings. The van der Waals surface area contributed by atoms with Gasteiger partial charge in [0.25, 0.3) is 11.8 Å². The third-order valence-corrected chi connectivity index (χ3v) is 7.44. The molecule has 6 nitrogen and oxygen atoms in total. The minimum atomic E-state index is -0.603. The molecule has 9 heteroatoms. The lowest BCUT2D eigenvalue weighted by molar-refractivity contribution is -0.122. The molecule has 0 bridgehead atoms. The Morgan fingerprint density at radius 1 is 1.17 bits per heavy atom. The van der Waals surface area contributed by atoms with Gasteiger partial charge in [-0.1, -0.05) is 42.3 Å². The molecule has 0 spiro atoms. The molecule has 0 atom stereocenters. The van der Waals surface area contributed by atoms with Gasteiger partial charge < -0.3 is 9.64 Å². The number of nitrogens with zero attached hydrogens (tertiary/aromatic N) is 2. The summed E-state index contributed by atoms with van der Waals surface area (Å²) in [7, 11) is 1.57. The molecule has 2 aliphatic heterocycles. The molecule has 188 valence electrons. The molecule has 36 heavy (non-hydrogen) atoms. The monoisotopic (exact) mass is 543 g/mol. The highest BCUT2D eigenvalue weighted by Crippen LogP contribution is 2.43. The van der Waals surface area contributed by atoms with E-state index in [1.165, 1.54) is 11.0 Å². The zero-order valence-electron chi connectivity index (χ0n) is 20.7. The van der Waals surface area contributed by atoms with Crippen LogP contribution in [0.4, 0.5) is 11.4 Å². The molecule has 1 N–H and O–H groups in total. The maximum absolute atomic E-state index is 13.5. The van der Waals surface area contributed by atoms with Crippen molar-refractivity contribution in [2.45, 2.75) is 39.7 Å². The molecule has 0 unspecified atom stereocenters. The maximum Gasteiger partial charge on any atom is 0.270 e. The first-order valence-electron chi connectivity index (χ1n) is 11.5. The summed E-state index contributed by atoms with van der Waals surface area (Å²) in [6.07, 6.45) is 4.75. The molecule has 2 amide bonds. The zero-order valence-corrected chi connectivity index (χ0v) is 23.1. The van der Waals surface area contributed by atoms with Crippen LogP contribution in [0.1, 0.15) is 45.2 Å². The topological polar surface area (TPSA) is 61.9 Å². The Labute approximate surface area is 226 Å². The number of thiocarbonyl (C=S) groups is 1. The summed E-state index contributed by atoms with van der Waals surface area (Å²) in [6.45, 7) is 9.45. The molecule has 0 saturated carbocycles. The van der Waals surface area contributed by atoms with E-state index in [9.17, 15) is 9.59 Å². The molecule has 2 aromatic rings. The number of fused-ring (bicyclic) bond motifs is 1. The fourth-order valence-electron chi connectivity index (χ4n) is 4.74. The lowest BCUT2D eigenvalue weighted by Gasteiger charge is -2.43. The van der Waals surface area contributed by atoms with Crippen molar-refractivity contribution in [1.82, 2.24) is 5.32 Å². The molecule has 0 aromatic heterocycles. The van der Waals surface area contributed by atoms with Gasteiger partial charge >= 0.3 is 0 Å². The number of anilines is 2. The van der Waals surface area contributed by atoms with E-state index in [1.54, 1.807) is 25.3 Å². The van der Waals surface area contributed by atoms with Crippen LogP contribution in [-0.2, 0) is 9.59 Å². The minimum absolute atomic E-state index is 0.0695. The number of ether oxygens (including phenoxy) is 1. The number of carbonyl (C=O) groups is 2. The Morgan fingerprint density at radius 2 is 1.89 bits per heavy atom. The second-order valence-electron chi connectivity index (χ2n) is 9.27. The van der Waals surface area contributed by atoms with Gasteiger partial charge in [-0.15, -0.1) is 0 Å². The third kappa shape index (κ3) is 4.51. The zero-order chi connectivity index (χ0) is 26.4. The lowest BCUT2D eigenvalue weighted by atomic mass is 9.87. The Hall–Kier alpha value is -2.87. The van der Waals surface area contributed by atoms with E-state index < -0.39 is 11.8 Å². The van der Waals surface area contributed by atoms with Gasteiger partial charge in [-0.25, -0.2) is 0 Å². The second-order valence-corrected chi connectivity index (χ2v) is 10.4. The summed E-state index contributed by atoms with van der Waals surface area (Å²) in [6, 6.07) is 8.80. The van der Waals surface area contributed by atoms with Crippen molar-refractivity contribution in [3.8, 4) is 5.75 Å². The van der Waals surface area contributed by atoms with Gasteiger partial charge in [-0.05, 0) is 69.3 Å². The summed E-state index contributed by atoms with van der Waals surface area (Å²) in [5.41, 5.74) is 3.81. The summed E-state index contributed by atoms with van der Waals surface area (Å²) >= 11 is 17.8. The molecular formula is C27H27Cl2N3O3S. The van der Waals surface area contributed by atoms with Crippen LogP contribution in [0.5, 0.6) is 5.75 Å². The van der Waals surface area contributed by atoms with Crippen molar-refractivity contribution in [3.63, 3.8) is 0 Å². The predicted octanol–water partition coefficient (Wildman–Crippen LogP) is 6.25. The number of nitrogens with one attached hydrogen (secondary N) is 1. The molecule has 1 saturated heterocycles.